The molecule has 2 heterocycles. The number of benzene rings is 3. The summed E-state index contributed by atoms with van der Waals surface area (Å²) in [4.78, 5) is 19.7. The Balaban J connectivity index is 1.64. The molecule has 0 saturated heterocycles. The number of aromatic nitrogens is 2. The maximum Gasteiger partial charge on any atom is 0.258 e. The predicted octanol–water partition coefficient (Wildman–Crippen LogP) is 5.22. The zero-order valence-electron chi connectivity index (χ0n) is 18.7. The third-order valence-electron chi connectivity index (χ3n) is 5.71. The van der Waals surface area contributed by atoms with E-state index >= 15 is 0 Å². The molecular weight excluding hydrogens is 434 g/mol. The molecular formula is C26H24ClN5O. The van der Waals surface area contributed by atoms with Crippen molar-refractivity contribution >= 4 is 51.2 Å². The molecule has 0 atom stereocenters. The lowest BCUT2D eigenvalue weighted by Crippen LogP contribution is -2.11. The van der Waals surface area contributed by atoms with Gasteiger partial charge in [0.25, 0.3) is 5.91 Å². The molecule has 0 unspecified atom stereocenters. The highest BCUT2D eigenvalue weighted by atomic mass is 35.5. The van der Waals surface area contributed by atoms with Crippen molar-refractivity contribution in [2.75, 3.05) is 24.7 Å². The topological polar surface area (TPSA) is 62.2 Å². The summed E-state index contributed by atoms with van der Waals surface area (Å²) in [5, 5.41) is 7.04. The van der Waals surface area contributed by atoms with Crippen LogP contribution in [0.3, 0.4) is 0 Å². The maximum atomic E-state index is 13.1. The number of anilines is 2. The van der Waals surface area contributed by atoms with Gasteiger partial charge in [0, 0.05) is 35.4 Å². The Morgan fingerprint density at radius 3 is 2.64 bits per heavy atom. The van der Waals surface area contributed by atoms with Crippen molar-refractivity contribution in [1.29, 1.82) is 0 Å². The van der Waals surface area contributed by atoms with Crippen LogP contribution in [-0.4, -0.2) is 34.5 Å². The summed E-state index contributed by atoms with van der Waals surface area (Å²) >= 11 is 6.17. The van der Waals surface area contributed by atoms with Gasteiger partial charge in [0.2, 0.25) is 0 Å². The summed E-state index contributed by atoms with van der Waals surface area (Å²) in [7, 11) is 6.06. The Bertz CT molecular complexity index is 1400. The number of rotatable bonds is 5. The van der Waals surface area contributed by atoms with Crippen LogP contribution in [0, 0.1) is 0 Å². The highest BCUT2D eigenvalue weighted by Crippen LogP contribution is 2.39. The summed E-state index contributed by atoms with van der Waals surface area (Å²) in [6.07, 6.45) is 1.79. The van der Waals surface area contributed by atoms with Crippen molar-refractivity contribution in [1.82, 2.24) is 14.5 Å². The number of carbonyl (C=O) groups excluding carboxylic acids is 1. The highest BCUT2D eigenvalue weighted by Gasteiger charge is 2.29. The first kappa shape index (κ1) is 21.2. The molecule has 4 aromatic rings. The van der Waals surface area contributed by atoms with Crippen LogP contribution in [0.5, 0.6) is 0 Å². The second-order valence-corrected chi connectivity index (χ2v) is 8.95. The minimum absolute atomic E-state index is 0.167. The predicted molar refractivity (Wildman–Crippen MR) is 135 cm³/mol. The first-order chi connectivity index (χ1) is 15.9. The van der Waals surface area contributed by atoms with Gasteiger partial charge in [-0.1, -0.05) is 35.9 Å². The third-order valence-corrected chi connectivity index (χ3v) is 5.95. The van der Waals surface area contributed by atoms with E-state index in [-0.39, 0.29) is 5.91 Å². The lowest BCUT2D eigenvalue weighted by atomic mass is 9.99. The van der Waals surface area contributed by atoms with Crippen molar-refractivity contribution < 1.29 is 4.79 Å². The lowest BCUT2D eigenvalue weighted by molar-refractivity contribution is -0.110. The van der Waals surface area contributed by atoms with Gasteiger partial charge in [-0.3, -0.25) is 4.79 Å². The third kappa shape index (κ3) is 4.11. The van der Waals surface area contributed by atoms with Gasteiger partial charge < -0.3 is 20.1 Å². The molecule has 1 aliphatic rings. The van der Waals surface area contributed by atoms with Crippen LogP contribution in [0.2, 0.25) is 5.02 Å². The van der Waals surface area contributed by atoms with E-state index in [4.69, 9.17) is 11.6 Å². The van der Waals surface area contributed by atoms with Gasteiger partial charge in [-0.05, 0) is 56.1 Å². The van der Waals surface area contributed by atoms with Crippen molar-refractivity contribution in [3.8, 4) is 0 Å². The molecule has 166 valence electrons. The first-order valence-corrected chi connectivity index (χ1v) is 11.0. The van der Waals surface area contributed by atoms with E-state index in [0.29, 0.717) is 16.3 Å². The van der Waals surface area contributed by atoms with Crippen LogP contribution in [0.1, 0.15) is 16.7 Å². The Kier molecular flexibility index (Phi) is 5.40. The summed E-state index contributed by atoms with van der Waals surface area (Å²) in [6.45, 7) is 0.862. The van der Waals surface area contributed by atoms with Crippen molar-refractivity contribution in [2.24, 2.45) is 7.05 Å². The lowest BCUT2D eigenvalue weighted by Gasteiger charge is -2.16. The number of amides is 1. The zero-order chi connectivity index (χ0) is 23.1. The molecule has 0 aliphatic carbocycles. The number of fused-ring (bicyclic) bond motifs is 2. The van der Waals surface area contributed by atoms with Gasteiger partial charge in [0.05, 0.1) is 34.3 Å². The number of nitrogens with zero attached hydrogens (tertiary/aromatic N) is 3. The van der Waals surface area contributed by atoms with Crippen LogP contribution in [0.4, 0.5) is 11.4 Å². The van der Waals surface area contributed by atoms with Gasteiger partial charge >= 0.3 is 0 Å². The quantitative estimate of drug-likeness (QED) is 0.403. The standard InChI is InChI=1S/C26H24ClN5O/c1-31(2)14-16-4-8-19(9-5-16)29-25(17-6-11-23-22(12-17)28-15-32(23)3)24-20-10-7-18(27)13-21(20)30-26(24)33/h4-13,15,29H,14H2,1-3H3,(H,30,33)/b25-24-. The number of aryl methyl sites for hydroxylation is 1. The summed E-state index contributed by atoms with van der Waals surface area (Å²) in [6, 6.07) is 19.8. The fourth-order valence-electron chi connectivity index (χ4n) is 4.17. The second-order valence-electron chi connectivity index (χ2n) is 8.51. The van der Waals surface area contributed by atoms with Gasteiger partial charge in [-0.25, -0.2) is 4.98 Å². The number of hydrogen-bond acceptors (Lipinski definition) is 4. The van der Waals surface area contributed by atoms with E-state index in [1.807, 2.05) is 62.1 Å². The Morgan fingerprint density at radius 1 is 1.09 bits per heavy atom. The van der Waals surface area contributed by atoms with Gasteiger partial charge in [-0.2, -0.15) is 0 Å². The molecule has 1 amide bonds. The van der Waals surface area contributed by atoms with Crippen LogP contribution in [0.25, 0.3) is 22.3 Å². The molecule has 7 heteroatoms. The number of carbonyl (C=O) groups is 1. The molecule has 0 spiro atoms. The zero-order valence-corrected chi connectivity index (χ0v) is 19.4. The maximum absolute atomic E-state index is 13.1. The number of nitrogens with one attached hydrogen (secondary N) is 2. The summed E-state index contributed by atoms with van der Waals surface area (Å²) in [5.74, 6) is -0.167. The van der Waals surface area contributed by atoms with Crippen LogP contribution < -0.4 is 10.6 Å². The van der Waals surface area contributed by atoms with Gasteiger partial charge in [-0.15, -0.1) is 0 Å². The van der Waals surface area contributed by atoms with Crippen molar-refractivity contribution in [3.63, 3.8) is 0 Å². The monoisotopic (exact) mass is 457 g/mol. The van der Waals surface area contributed by atoms with Crippen LogP contribution >= 0.6 is 11.6 Å². The van der Waals surface area contributed by atoms with E-state index in [2.05, 4.69) is 32.7 Å². The molecule has 2 N–H and O–H groups in total. The molecule has 1 aliphatic heterocycles. The van der Waals surface area contributed by atoms with E-state index < -0.39 is 0 Å². The molecule has 6 nitrogen and oxygen atoms in total. The number of hydrogen-bond donors (Lipinski definition) is 2. The minimum atomic E-state index is -0.167. The fourth-order valence-corrected chi connectivity index (χ4v) is 4.34. The SMILES string of the molecule is CN(C)Cc1ccc(N/C(=C2\C(=O)Nc3cc(Cl)ccc32)c2ccc3c(c2)ncn3C)cc1. The van der Waals surface area contributed by atoms with Crippen LogP contribution in [-0.2, 0) is 18.4 Å². The smallest absolute Gasteiger partial charge is 0.258 e. The largest absolute Gasteiger partial charge is 0.354 e. The Labute approximate surface area is 197 Å². The Hall–Kier alpha value is -3.61. The number of imidazole rings is 1. The van der Waals surface area contributed by atoms with E-state index in [0.717, 1.165) is 40.1 Å². The Morgan fingerprint density at radius 2 is 1.88 bits per heavy atom. The van der Waals surface area contributed by atoms with E-state index in [1.54, 1.807) is 18.5 Å². The highest BCUT2D eigenvalue weighted by molar-refractivity contribution is 6.38. The molecule has 0 radical (unpaired) electrons. The van der Waals surface area contributed by atoms with Gasteiger partial charge in [0.15, 0.2) is 0 Å². The molecule has 3 aromatic carbocycles. The molecule has 1 aromatic heterocycles. The summed E-state index contributed by atoms with van der Waals surface area (Å²) < 4.78 is 1.97. The average molecular weight is 458 g/mol. The molecule has 0 saturated carbocycles. The molecule has 0 bridgehead atoms. The van der Waals surface area contributed by atoms with Gasteiger partial charge in [0.1, 0.15) is 0 Å². The van der Waals surface area contributed by atoms with E-state index in [9.17, 15) is 4.79 Å². The average Bonchev–Trinajstić information content (AvgIpc) is 3.31. The summed E-state index contributed by atoms with van der Waals surface area (Å²) in [5.41, 5.74) is 7.72. The molecule has 5 rings (SSSR count). The number of halogens is 1. The normalized spacial score (nSPS) is 14.5. The minimum Gasteiger partial charge on any atom is -0.354 e. The van der Waals surface area contributed by atoms with Crippen LogP contribution in [0.15, 0.2) is 67.0 Å². The second kappa shape index (κ2) is 8.39. The fraction of sp³-hybridized carbons (Fsp3) is 0.154. The molecule has 0 fully saturated rings. The van der Waals surface area contributed by atoms with E-state index in [1.165, 1.54) is 5.56 Å². The van der Waals surface area contributed by atoms with Crippen molar-refractivity contribution in [3.05, 3.63) is 88.7 Å². The van der Waals surface area contributed by atoms with Crippen molar-refractivity contribution in [2.45, 2.75) is 6.54 Å². The first-order valence-electron chi connectivity index (χ1n) is 10.7. The molecule has 33 heavy (non-hydrogen) atoms.